The number of hydrogen-bond donors (Lipinski definition) is 1. The van der Waals surface area contributed by atoms with Gasteiger partial charge in [-0.2, -0.15) is 0 Å². The molecule has 0 bridgehead atoms. The monoisotopic (exact) mass is 530 g/mol. The van der Waals surface area contributed by atoms with Crippen LogP contribution in [0.1, 0.15) is 5.56 Å². The van der Waals surface area contributed by atoms with Crippen molar-refractivity contribution in [1.82, 2.24) is 24.6 Å². The van der Waals surface area contributed by atoms with Crippen molar-refractivity contribution in [3.63, 3.8) is 0 Å². The van der Waals surface area contributed by atoms with E-state index < -0.39 is 0 Å². The first-order valence-corrected chi connectivity index (χ1v) is 12.9. The van der Waals surface area contributed by atoms with E-state index in [2.05, 4.69) is 104 Å². The number of rotatable bonds is 7. The Morgan fingerprint density at radius 3 is 2.44 bits per heavy atom. The van der Waals surface area contributed by atoms with Crippen LogP contribution in [0.3, 0.4) is 0 Å². The van der Waals surface area contributed by atoms with Gasteiger partial charge in [-0.3, -0.25) is 0 Å². The molecule has 6 rings (SSSR count). The third-order valence-electron chi connectivity index (χ3n) is 6.26. The Morgan fingerprint density at radius 1 is 0.833 bits per heavy atom. The molecule has 1 N–H and O–H groups in total. The van der Waals surface area contributed by atoms with Gasteiger partial charge in [-0.1, -0.05) is 6.07 Å². The molecule has 3 aromatic heterocycles. The summed E-state index contributed by atoms with van der Waals surface area (Å²) in [5.74, 6) is 0.718. The second-order valence-corrected chi connectivity index (χ2v) is 10.2. The van der Waals surface area contributed by atoms with Crippen LogP contribution in [0.15, 0.2) is 104 Å². The molecule has 1 unspecified atom stereocenters. The molecule has 0 amide bonds. The molecule has 0 saturated heterocycles. The summed E-state index contributed by atoms with van der Waals surface area (Å²) in [6, 6.07) is 29.3. The Kier molecular flexibility index (Phi) is 6.18. The zero-order valence-electron chi connectivity index (χ0n) is 19.5. The summed E-state index contributed by atoms with van der Waals surface area (Å²) in [5, 5.41) is 14.7. The van der Waals surface area contributed by atoms with Crippen molar-refractivity contribution in [3.8, 4) is 22.4 Å². The SMILES string of the molecule is [As]C(CNc1nc(-c2ccncc2)c(-c2ccc3ccccc3c2)c2nncn12)Cc1ccccc1. The quantitative estimate of drug-likeness (QED) is 0.272. The fourth-order valence-electron chi connectivity index (χ4n) is 4.50. The van der Waals surface area contributed by atoms with Crippen LogP contribution >= 0.6 is 0 Å². The van der Waals surface area contributed by atoms with E-state index >= 15 is 0 Å². The van der Waals surface area contributed by atoms with Gasteiger partial charge in [0.05, 0.1) is 0 Å². The third-order valence-corrected chi connectivity index (χ3v) is 7.02. The standard InChI is InChI=1S/C29H23AsN6/c30-25(16-20-6-2-1-3-7-20)18-32-29-34-27(22-12-14-31-15-13-22)26(28-35-33-19-36(28)29)24-11-10-21-8-4-5-9-23(21)17-24/h1-15,17,19,25H,16,18H2,(H,32,34). The summed E-state index contributed by atoms with van der Waals surface area (Å²) in [5.41, 5.74) is 5.90. The van der Waals surface area contributed by atoms with Crippen molar-refractivity contribution in [2.75, 3.05) is 11.9 Å². The number of aromatic nitrogens is 5. The number of nitrogens with zero attached hydrogens (tertiary/aromatic N) is 5. The molecular weight excluding hydrogens is 507 g/mol. The van der Waals surface area contributed by atoms with E-state index in [0.29, 0.717) is 4.71 Å². The second kappa shape index (κ2) is 9.92. The molecule has 6 aromatic rings. The van der Waals surface area contributed by atoms with Crippen LogP contribution in [-0.2, 0) is 6.42 Å². The van der Waals surface area contributed by atoms with Crippen LogP contribution in [0.5, 0.6) is 0 Å². The van der Waals surface area contributed by atoms with Crippen molar-refractivity contribution < 1.29 is 0 Å². The maximum absolute atomic E-state index is 5.12. The van der Waals surface area contributed by atoms with Gasteiger partial charge in [-0.05, 0) is 0 Å². The molecule has 0 spiro atoms. The maximum atomic E-state index is 5.12. The summed E-state index contributed by atoms with van der Waals surface area (Å²) >= 11 is 2.77. The zero-order chi connectivity index (χ0) is 24.3. The summed E-state index contributed by atoms with van der Waals surface area (Å²) in [7, 11) is 0. The van der Waals surface area contributed by atoms with Crippen LogP contribution in [-0.4, -0.2) is 48.0 Å². The molecule has 3 aromatic carbocycles. The number of pyridine rings is 1. The normalized spacial score (nSPS) is 12.1. The number of fused-ring (bicyclic) bond motifs is 2. The predicted molar refractivity (Wildman–Crippen MR) is 145 cm³/mol. The van der Waals surface area contributed by atoms with Gasteiger partial charge in [0.1, 0.15) is 0 Å². The molecule has 1 atom stereocenters. The van der Waals surface area contributed by atoms with Crippen LogP contribution < -0.4 is 5.32 Å². The van der Waals surface area contributed by atoms with Crippen molar-refractivity contribution in [3.05, 3.63) is 109 Å². The van der Waals surface area contributed by atoms with Crippen LogP contribution in [0.25, 0.3) is 38.8 Å². The van der Waals surface area contributed by atoms with Gasteiger partial charge < -0.3 is 0 Å². The molecule has 0 aliphatic carbocycles. The average Bonchev–Trinajstić information content (AvgIpc) is 3.42. The van der Waals surface area contributed by atoms with E-state index in [1.54, 1.807) is 18.7 Å². The van der Waals surface area contributed by atoms with Crippen LogP contribution in [0, 0.1) is 0 Å². The Morgan fingerprint density at radius 2 is 1.61 bits per heavy atom. The zero-order valence-corrected chi connectivity index (χ0v) is 21.4. The van der Waals surface area contributed by atoms with Gasteiger partial charge in [-0.25, -0.2) is 0 Å². The molecule has 7 heteroatoms. The number of hydrogen-bond acceptors (Lipinski definition) is 5. The van der Waals surface area contributed by atoms with Gasteiger partial charge in [-0.15, -0.1) is 0 Å². The Hall–Kier alpha value is -4.02. The Bertz CT molecular complexity index is 1630. The first kappa shape index (κ1) is 22.4. The van der Waals surface area contributed by atoms with E-state index in [-0.39, 0.29) is 0 Å². The molecule has 36 heavy (non-hydrogen) atoms. The van der Waals surface area contributed by atoms with Crippen LogP contribution in [0.4, 0.5) is 5.95 Å². The fourth-order valence-corrected chi connectivity index (χ4v) is 5.14. The first-order valence-electron chi connectivity index (χ1n) is 11.9. The molecule has 0 aliphatic heterocycles. The van der Waals surface area contributed by atoms with E-state index in [4.69, 9.17) is 4.98 Å². The van der Waals surface area contributed by atoms with Gasteiger partial charge in [0.15, 0.2) is 0 Å². The van der Waals surface area contributed by atoms with E-state index in [1.165, 1.54) is 16.3 Å². The first-order chi connectivity index (χ1) is 17.8. The van der Waals surface area contributed by atoms with E-state index in [9.17, 15) is 0 Å². The Balaban J connectivity index is 1.43. The number of anilines is 1. The molecule has 174 valence electrons. The van der Waals surface area contributed by atoms with Gasteiger partial charge in [0, 0.05) is 0 Å². The molecule has 3 heterocycles. The number of nitrogens with one attached hydrogen (secondary N) is 1. The van der Waals surface area contributed by atoms with Crippen molar-refractivity contribution in [2.24, 2.45) is 0 Å². The minimum absolute atomic E-state index is 0.359. The minimum atomic E-state index is 0.359. The molecule has 6 nitrogen and oxygen atoms in total. The fraction of sp³-hybridized carbons (Fsp3) is 0.103. The van der Waals surface area contributed by atoms with Crippen molar-refractivity contribution in [2.45, 2.75) is 11.1 Å². The van der Waals surface area contributed by atoms with Crippen molar-refractivity contribution in [1.29, 1.82) is 0 Å². The Labute approximate surface area is 218 Å². The summed E-state index contributed by atoms with van der Waals surface area (Å²) in [6.07, 6.45) is 6.28. The van der Waals surface area contributed by atoms with Gasteiger partial charge >= 0.3 is 212 Å². The molecule has 0 fully saturated rings. The van der Waals surface area contributed by atoms with Gasteiger partial charge in [0.25, 0.3) is 0 Å². The van der Waals surface area contributed by atoms with Gasteiger partial charge in [0.2, 0.25) is 0 Å². The molecule has 0 saturated carbocycles. The average molecular weight is 530 g/mol. The molecule has 0 aliphatic rings. The summed E-state index contributed by atoms with van der Waals surface area (Å²) in [6.45, 7) is 0.750. The summed E-state index contributed by atoms with van der Waals surface area (Å²) in [4.78, 5) is 9.33. The predicted octanol–water partition coefficient (Wildman–Crippen LogP) is 5.62. The number of benzene rings is 3. The van der Waals surface area contributed by atoms with E-state index in [1.807, 2.05) is 22.6 Å². The molecular formula is C29H23AsN6. The topological polar surface area (TPSA) is 68.0 Å². The van der Waals surface area contributed by atoms with Crippen LogP contribution in [0.2, 0.25) is 4.71 Å². The second-order valence-electron chi connectivity index (χ2n) is 8.71. The van der Waals surface area contributed by atoms with Crippen molar-refractivity contribution >= 4 is 39.2 Å². The summed E-state index contributed by atoms with van der Waals surface area (Å²) < 4.78 is 2.30. The van der Waals surface area contributed by atoms with E-state index in [0.717, 1.165) is 46.9 Å². The third kappa shape index (κ3) is 4.48. The molecule has 2 radical (unpaired) electrons.